The van der Waals surface area contributed by atoms with E-state index < -0.39 is 0 Å². The number of aromatic nitrogens is 3. The largest absolute Gasteiger partial charge is 0.342 e. The van der Waals surface area contributed by atoms with Crippen LogP contribution in [0, 0.1) is 0 Å². The monoisotopic (exact) mass is 310 g/mol. The third-order valence-corrected chi connectivity index (χ3v) is 5.25. The van der Waals surface area contributed by atoms with Crippen molar-refractivity contribution in [3.8, 4) is 0 Å². The van der Waals surface area contributed by atoms with Crippen molar-refractivity contribution in [1.29, 1.82) is 0 Å². The number of carbonyl (C=O) groups is 1. The lowest BCUT2D eigenvalue weighted by molar-refractivity contribution is -0.134. The zero-order valence-corrected chi connectivity index (χ0v) is 13.3. The van der Waals surface area contributed by atoms with Gasteiger partial charge in [-0.25, -0.2) is 9.67 Å². The summed E-state index contributed by atoms with van der Waals surface area (Å²) < 4.78 is 1.93. The number of hydrogen-bond donors (Lipinski definition) is 0. The molecule has 1 atom stereocenters. The van der Waals surface area contributed by atoms with Gasteiger partial charge in [0.15, 0.2) is 0 Å². The molecule has 23 heavy (non-hydrogen) atoms. The number of likely N-dealkylation sites (tertiary alicyclic amines) is 1. The Kier molecular flexibility index (Phi) is 3.85. The van der Waals surface area contributed by atoms with Gasteiger partial charge < -0.3 is 4.90 Å². The molecule has 2 aromatic rings. The van der Waals surface area contributed by atoms with Crippen LogP contribution in [0.4, 0.5) is 0 Å². The van der Waals surface area contributed by atoms with Crippen LogP contribution in [0.3, 0.4) is 0 Å². The lowest BCUT2D eigenvalue weighted by Gasteiger charge is -2.35. The summed E-state index contributed by atoms with van der Waals surface area (Å²) in [5.74, 6) is 0.372. The second-order valence-corrected chi connectivity index (χ2v) is 6.58. The van der Waals surface area contributed by atoms with E-state index >= 15 is 0 Å². The zero-order valence-electron chi connectivity index (χ0n) is 13.3. The summed E-state index contributed by atoms with van der Waals surface area (Å²) in [6.07, 6.45) is 8.49. The Labute approximate surface area is 136 Å². The topological polar surface area (TPSA) is 51.0 Å². The Balaban J connectivity index is 1.45. The quantitative estimate of drug-likeness (QED) is 0.856. The van der Waals surface area contributed by atoms with E-state index in [2.05, 4.69) is 39.2 Å². The van der Waals surface area contributed by atoms with Gasteiger partial charge >= 0.3 is 0 Å². The predicted octanol–water partition coefficient (Wildman–Crippen LogP) is 2.56. The molecule has 1 amide bonds. The zero-order chi connectivity index (χ0) is 15.6. The van der Waals surface area contributed by atoms with E-state index in [4.69, 9.17) is 0 Å². The van der Waals surface area contributed by atoms with Crippen LogP contribution in [0.5, 0.6) is 0 Å². The average Bonchev–Trinajstić information content (AvgIpc) is 3.15. The van der Waals surface area contributed by atoms with E-state index in [0.717, 1.165) is 45.2 Å². The number of nitrogens with zero attached hydrogens (tertiary/aromatic N) is 4. The van der Waals surface area contributed by atoms with Crippen molar-refractivity contribution in [3.05, 3.63) is 48.0 Å². The van der Waals surface area contributed by atoms with Crippen LogP contribution < -0.4 is 0 Å². The fourth-order valence-electron chi connectivity index (χ4n) is 3.99. The molecular weight excluding hydrogens is 288 g/mol. The highest BCUT2D eigenvalue weighted by Gasteiger charge is 2.32. The van der Waals surface area contributed by atoms with Crippen molar-refractivity contribution < 1.29 is 4.79 Å². The molecule has 0 bridgehead atoms. The first-order chi connectivity index (χ1) is 11.3. The normalized spacial score (nSPS) is 21.9. The molecule has 5 nitrogen and oxygen atoms in total. The number of piperidine rings is 1. The van der Waals surface area contributed by atoms with Crippen LogP contribution in [0.15, 0.2) is 36.9 Å². The summed E-state index contributed by atoms with van der Waals surface area (Å²) in [5.41, 5.74) is 2.61. The summed E-state index contributed by atoms with van der Waals surface area (Å²) in [6, 6.07) is 8.82. The molecule has 2 heterocycles. The Morgan fingerprint density at radius 1 is 1.13 bits per heavy atom. The van der Waals surface area contributed by atoms with Crippen molar-refractivity contribution in [2.24, 2.45) is 0 Å². The Bertz CT molecular complexity index is 674. The van der Waals surface area contributed by atoms with E-state index in [1.54, 1.807) is 12.7 Å². The number of fused-ring (bicyclic) bond motifs is 1. The molecule has 1 aromatic carbocycles. The van der Waals surface area contributed by atoms with Gasteiger partial charge in [0, 0.05) is 13.1 Å². The SMILES string of the molecule is O=C(C1CCCc2ccccc21)N1CCC(n2cncn2)CC1. The molecule has 0 saturated carbocycles. The molecule has 1 aliphatic heterocycles. The molecule has 1 saturated heterocycles. The molecule has 1 aliphatic carbocycles. The van der Waals surface area contributed by atoms with E-state index in [-0.39, 0.29) is 5.92 Å². The van der Waals surface area contributed by atoms with Gasteiger partial charge in [0.2, 0.25) is 5.91 Å². The van der Waals surface area contributed by atoms with Crippen LogP contribution in [0.25, 0.3) is 0 Å². The number of rotatable bonds is 2. The molecule has 1 aromatic heterocycles. The highest BCUT2D eigenvalue weighted by atomic mass is 16.2. The Morgan fingerprint density at radius 2 is 1.96 bits per heavy atom. The summed E-state index contributed by atoms with van der Waals surface area (Å²) >= 11 is 0. The van der Waals surface area contributed by atoms with E-state index in [1.165, 1.54) is 11.1 Å². The predicted molar refractivity (Wildman–Crippen MR) is 87.0 cm³/mol. The van der Waals surface area contributed by atoms with Gasteiger partial charge in [-0.1, -0.05) is 24.3 Å². The molecule has 120 valence electrons. The summed E-state index contributed by atoms with van der Waals surface area (Å²) in [6.45, 7) is 1.64. The van der Waals surface area contributed by atoms with Gasteiger partial charge in [-0.15, -0.1) is 0 Å². The maximum Gasteiger partial charge on any atom is 0.230 e. The molecule has 0 spiro atoms. The first-order valence-corrected chi connectivity index (χ1v) is 8.53. The molecule has 2 aliphatic rings. The van der Waals surface area contributed by atoms with Gasteiger partial charge in [0.1, 0.15) is 12.7 Å². The molecule has 1 fully saturated rings. The Morgan fingerprint density at radius 3 is 2.74 bits per heavy atom. The number of hydrogen-bond acceptors (Lipinski definition) is 3. The van der Waals surface area contributed by atoms with Crippen LogP contribution in [0.1, 0.15) is 48.8 Å². The van der Waals surface area contributed by atoms with E-state index in [0.29, 0.717) is 11.9 Å². The van der Waals surface area contributed by atoms with Crippen LogP contribution in [0.2, 0.25) is 0 Å². The minimum absolute atomic E-state index is 0.0582. The molecule has 5 heteroatoms. The van der Waals surface area contributed by atoms with Crippen molar-refractivity contribution in [2.75, 3.05) is 13.1 Å². The van der Waals surface area contributed by atoms with Crippen molar-refractivity contribution in [3.63, 3.8) is 0 Å². The fraction of sp³-hybridized carbons (Fsp3) is 0.500. The second-order valence-electron chi connectivity index (χ2n) is 6.58. The second kappa shape index (κ2) is 6.14. The first kappa shape index (κ1) is 14.4. The lowest BCUT2D eigenvalue weighted by Crippen LogP contribution is -2.42. The first-order valence-electron chi connectivity index (χ1n) is 8.53. The smallest absolute Gasteiger partial charge is 0.230 e. The summed E-state index contributed by atoms with van der Waals surface area (Å²) in [7, 11) is 0. The van der Waals surface area contributed by atoms with Crippen molar-refractivity contribution >= 4 is 5.91 Å². The molecule has 0 N–H and O–H groups in total. The van der Waals surface area contributed by atoms with Gasteiger partial charge in [0.05, 0.1) is 12.0 Å². The van der Waals surface area contributed by atoms with Crippen LogP contribution >= 0.6 is 0 Å². The summed E-state index contributed by atoms with van der Waals surface area (Å²) in [5, 5.41) is 4.23. The third kappa shape index (κ3) is 2.76. The number of amides is 1. The van der Waals surface area contributed by atoms with Gasteiger partial charge in [-0.3, -0.25) is 4.79 Å². The highest BCUT2D eigenvalue weighted by molar-refractivity contribution is 5.84. The molecule has 0 radical (unpaired) electrons. The molecule has 4 rings (SSSR count). The maximum absolute atomic E-state index is 13.0. The average molecular weight is 310 g/mol. The fourth-order valence-corrected chi connectivity index (χ4v) is 3.99. The molecule has 1 unspecified atom stereocenters. The van der Waals surface area contributed by atoms with Crippen molar-refractivity contribution in [1.82, 2.24) is 19.7 Å². The third-order valence-electron chi connectivity index (χ3n) is 5.25. The highest BCUT2D eigenvalue weighted by Crippen LogP contribution is 2.34. The Hall–Kier alpha value is -2.17. The lowest BCUT2D eigenvalue weighted by atomic mass is 9.82. The number of carbonyl (C=O) groups excluding carboxylic acids is 1. The van der Waals surface area contributed by atoms with E-state index in [1.807, 2.05) is 4.68 Å². The van der Waals surface area contributed by atoms with Gasteiger partial charge in [0.25, 0.3) is 0 Å². The number of aryl methyl sites for hydroxylation is 1. The molecular formula is C18H22N4O. The van der Waals surface area contributed by atoms with Gasteiger partial charge in [-0.2, -0.15) is 5.10 Å². The minimum atomic E-state index is 0.0582. The van der Waals surface area contributed by atoms with Crippen molar-refractivity contribution in [2.45, 2.75) is 44.1 Å². The number of benzene rings is 1. The minimum Gasteiger partial charge on any atom is -0.342 e. The van der Waals surface area contributed by atoms with E-state index in [9.17, 15) is 4.79 Å². The van der Waals surface area contributed by atoms with Gasteiger partial charge in [-0.05, 0) is 43.2 Å². The van der Waals surface area contributed by atoms with Crippen LogP contribution in [-0.4, -0.2) is 38.7 Å². The van der Waals surface area contributed by atoms with Crippen LogP contribution in [-0.2, 0) is 11.2 Å². The summed E-state index contributed by atoms with van der Waals surface area (Å²) in [4.78, 5) is 19.1. The maximum atomic E-state index is 13.0. The standard InChI is InChI=1S/C18H22N4O/c23-18(17-7-3-5-14-4-1-2-6-16(14)17)21-10-8-15(9-11-21)22-13-19-12-20-22/h1-2,4,6,12-13,15,17H,3,5,7-11H2.